The van der Waals surface area contributed by atoms with Crippen molar-refractivity contribution in [2.75, 3.05) is 19.8 Å². The van der Waals surface area contributed by atoms with Crippen molar-refractivity contribution in [3.8, 4) is 0 Å². The minimum absolute atomic E-state index is 0.305. The zero-order chi connectivity index (χ0) is 14.4. The fraction of sp³-hybridized carbons (Fsp3) is 0.500. The zero-order valence-electron chi connectivity index (χ0n) is 11.2. The Bertz CT molecular complexity index is 462. The molecule has 6 heteroatoms. The average molecular weight is 343 g/mol. The molecule has 1 amide bonds. The maximum absolute atomic E-state index is 11.4. The molecule has 0 saturated carbocycles. The monoisotopic (exact) mass is 342 g/mol. The second-order valence-electron chi connectivity index (χ2n) is 4.85. The predicted molar refractivity (Wildman–Crippen MR) is 79.0 cm³/mol. The largest absolute Gasteiger partial charge is 0.381 e. The van der Waals surface area contributed by atoms with Gasteiger partial charge in [0.15, 0.2) is 0 Å². The summed E-state index contributed by atoms with van der Waals surface area (Å²) in [4.78, 5) is 11.4. The summed E-state index contributed by atoms with van der Waals surface area (Å²) in [7, 11) is 0. The Labute approximate surface area is 126 Å². The average Bonchev–Trinajstić information content (AvgIpc) is 2.49. The van der Waals surface area contributed by atoms with Gasteiger partial charge in [-0.15, -0.1) is 0 Å². The molecule has 1 aliphatic heterocycles. The van der Waals surface area contributed by atoms with Crippen molar-refractivity contribution in [3.63, 3.8) is 0 Å². The molecule has 1 aromatic rings. The lowest BCUT2D eigenvalue weighted by atomic mass is 10.0. The number of amides is 1. The Morgan fingerprint density at radius 1 is 1.45 bits per heavy atom. The topological polar surface area (TPSA) is 73.6 Å². The first kappa shape index (κ1) is 15.4. The van der Waals surface area contributed by atoms with Gasteiger partial charge in [-0.05, 0) is 36.5 Å². The summed E-state index contributed by atoms with van der Waals surface area (Å²) in [5, 5.41) is 0. The van der Waals surface area contributed by atoms with Gasteiger partial charge in [0.2, 0.25) is 0 Å². The molecule has 1 fully saturated rings. The van der Waals surface area contributed by atoms with Crippen LogP contribution in [-0.2, 0) is 16.1 Å². The molecule has 0 spiro atoms. The van der Waals surface area contributed by atoms with Crippen molar-refractivity contribution >= 4 is 21.8 Å². The van der Waals surface area contributed by atoms with Gasteiger partial charge >= 0.3 is 0 Å². The SMILES string of the molecule is NNC(=O)c1ccc(COCC2CCOCC2)c(Br)c1. The van der Waals surface area contributed by atoms with Crippen LogP contribution < -0.4 is 11.3 Å². The predicted octanol–water partition coefficient (Wildman–Crippen LogP) is 2.00. The van der Waals surface area contributed by atoms with Crippen molar-refractivity contribution < 1.29 is 14.3 Å². The zero-order valence-corrected chi connectivity index (χ0v) is 12.8. The summed E-state index contributed by atoms with van der Waals surface area (Å²) in [6.07, 6.45) is 2.13. The van der Waals surface area contributed by atoms with E-state index >= 15 is 0 Å². The van der Waals surface area contributed by atoms with E-state index in [1.807, 2.05) is 6.07 Å². The molecular formula is C14H19BrN2O3. The Morgan fingerprint density at radius 2 is 2.20 bits per heavy atom. The summed E-state index contributed by atoms with van der Waals surface area (Å²) in [5.74, 6) is 5.39. The second-order valence-corrected chi connectivity index (χ2v) is 5.70. The number of nitrogens with one attached hydrogen (secondary N) is 1. The number of nitrogen functional groups attached to an aromatic ring is 1. The van der Waals surface area contributed by atoms with E-state index in [-0.39, 0.29) is 5.91 Å². The summed E-state index contributed by atoms with van der Waals surface area (Å²) < 4.78 is 11.9. The molecule has 0 atom stereocenters. The van der Waals surface area contributed by atoms with E-state index in [1.54, 1.807) is 12.1 Å². The lowest BCUT2D eigenvalue weighted by Gasteiger charge is -2.21. The molecule has 3 N–H and O–H groups in total. The third-order valence-electron chi connectivity index (χ3n) is 3.40. The van der Waals surface area contributed by atoms with Gasteiger partial charge in [-0.25, -0.2) is 5.84 Å². The standard InChI is InChI=1S/C14H19BrN2O3/c15-13-7-11(14(18)17-16)1-2-12(13)9-20-8-10-3-5-19-6-4-10/h1-2,7,10H,3-6,8-9,16H2,(H,17,18). The van der Waals surface area contributed by atoms with Gasteiger partial charge in [-0.2, -0.15) is 0 Å². The number of nitrogens with two attached hydrogens (primary N) is 1. The summed E-state index contributed by atoms with van der Waals surface area (Å²) in [5.41, 5.74) is 3.65. The fourth-order valence-electron chi connectivity index (χ4n) is 2.14. The van der Waals surface area contributed by atoms with Gasteiger partial charge < -0.3 is 9.47 Å². The molecule has 2 rings (SSSR count). The lowest BCUT2D eigenvalue weighted by Crippen LogP contribution is -2.29. The molecular weight excluding hydrogens is 324 g/mol. The number of carbonyl (C=O) groups is 1. The molecule has 0 aliphatic carbocycles. The Kier molecular flexibility index (Phi) is 5.97. The Hall–Kier alpha value is -0.950. The second kappa shape index (κ2) is 7.73. The number of hydrogen-bond acceptors (Lipinski definition) is 4. The molecule has 0 aromatic heterocycles. The Balaban J connectivity index is 1.84. The highest BCUT2D eigenvalue weighted by Crippen LogP contribution is 2.21. The number of hydrazine groups is 1. The third kappa shape index (κ3) is 4.28. The number of halogens is 1. The molecule has 20 heavy (non-hydrogen) atoms. The van der Waals surface area contributed by atoms with E-state index in [2.05, 4.69) is 21.4 Å². The summed E-state index contributed by atoms with van der Waals surface area (Å²) in [6.45, 7) is 2.95. The minimum Gasteiger partial charge on any atom is -0.381 e. The van der Waals surface area contributed by atoms with Crippen molar-refractivity contribution in [2.24, 2.45) is 11.8 Å². The molecule has 5 nitrogen and oxygen atoms in total. The lowest BCUT2D eigenvalue weighted by molar-refractivity contribution is 0.0156. The summed E-state index contributed by atoms with van der Waals surface area (Å²) >= 11 is 3.45. The number of hydrogen-bond donors (Lipinski definition) is 2. The van der Waals surface area contributed by atoms with Crippen LogP contribution in [0.4, 0.5) is 0 Å². The van der Waals surface area contributed by atoms with Crippen LogP contribution in [0.3, 0.4) is 0 Å². The van der Waals surface area contributed by atoms with Crippen LogP contribution in [0.2, 0.25) is 0 Å². The van der Waals surface area contributed by atoms with E-state index in [0.717, 1.165) is 42.7 Å². The van der Waals surface area contributed by atoms with Crippen LogP contribution in [-0.4, -0.2) is 25.7 Å². The van der Waals surface area contributed by atoms with Gasteiger partial charge in [-0.1, -0.05) is 22.0 Å². The fourth-order valence-corrected chi connectivity index (χ4v) is 2.63. The van der Waals surface area contributed by atoms with E-state index in [4.69, 9.17) is 15.3 Å². The highest BCUT2D eigenvalue weighted by molar-refractivity contribution is 9.10. The maximum Gasteiger partial charge on any atom is 0.265 e. The molecule has 110 valence electrons. The van der Waals surface area contributed by atoms with Crippen LogP contribution in [0, 0.1) is 5.92 Å². The van der Waals surface area contributed by atoms with Crippen molar-refractivity contribution in [3.05, 3.63) is 33.8 Å². The first-order valence-electron chi connectivity index (χ1n) is 6.65. The molecule has 0 unspecified atom stereocenters. The number of benzene rings is 1. The molecule has 0 radical (unpaired) electrons. The van der Waals surface area contributed by atoms with Gasteiger partial charge in [0.05, 0.1) is 13.2 Å². The molecule has 1 heterocycles. The van der Waals surface area contributed by atoms with Crippen LogP contribution in [0.1, 0.15) is 28.8 Å². The highest BCUT2D eigenvalue weighted by Gasteiger charge is 2.14. The third-order valence-corrected chi connectivity index (χ3v) is 4.14. The first-order valence-corrected chi connectivity index (χ1v) is 7.45. The number of rotatable bonds is 5. The van der Waals surface area contributed by atoms with Crippen LogP contribution >= 0.6 is 15.9 Å². The molecule has 0 bridgehead atoms. The Morgan fingerprint density at radius 3 is 2.85 bits per heavy atom. The quantitative estimate of drug-likeness (QED) is 0.487. The number of carbonyl (C=O) groups excluding carboxylic acids is 1. The van der Waals surface area contributed by atoms with Crippen molar-refractivity contribution in [1.82, 2.24) is 5.43 Å². The maximum atomic E-state index is 11.4. The number of ether oxygens (including phenoxy) is 2. The van der Waals surface area contributed by atoms with Gasteiger partial charge in [0.25, 0.3) is 5.91 Å². The van der Waals surface area contributed by atoms with Crippen molar-refractivity contribution in [2.45, 2.75) is 19.4 Å². The molecule has 1 aliphatic rings. The highest BCUT2D eigenvalue weighted by atomic mass is 79.9. The smallest absolute Gasteiger partial charge is 0.265 e. The van der Waals surface area contributed by atoms with Gasteiger partial charge in [0.1, 0.15) is 0 Å². The van der Waals surface area contributed by atoms with Crippen molar-refractivity contribution in [1.29, 1.82) is 0 Å². The van der Waals surface area contributed by atoms with Gasteiger partial charge in [0, 0.05) is 23.2 Å². The van der Waals surface area contributed by atoms with E-state index in [0.29, 0.717) is 18.1 Å². The normalized spacial score (nSPS) is 16.1. The van der Waals surface area contributed by atoms with Gasteiger partial charge in [-0.3, -0.25) is 10.2 Å². The van der Waals surface area contributed by atoms with Crippen LogP contribution in [0.5, 0.6) is 0 Å². The summed E-state index contributed by atoms with van der Waals surface area (Å²) in [6, 6.07) is 5.36. The molecule has 1 saturated heterocycles. The first-order chi connectivity index (χ1) is 9.70. The minimum atomic E-state index is -0.305. The van der Waals surface area contributed by atoms with Crippen LogP contribution in [0.15, 0.2) is 22.7 Å². The van der Waals surface area contributed by atoms with E-state index in [9.17, 15) is 4.79 Å². The van der Waals surface area contributed by atoms with E-state index in [1.165, 1.54) is 0 Å². The van der Waals surface area contributed by atoms with Crippen LogP contribution in [0.25, 0.3) is 0 Å². The van der Waals surface area contributed by atoms with E-state index < -0.39 is 0 Å². The molecule has 1 aromatic carbocycles.